The van der Waals surface area contributed by atoms with E-state index in [1.807, 2.05) is 0 Å². The third kappa shape index (κ3) is 2.83. The topological polar surface area (TPSA) is 123 Å². The Kier molecular flexibility index (Phi) is 3.27. The smallest absolute Gasteiger partial charge is 0.281 e. The Morgan fingerprint density at radius 1 is 1.19 bits per heavy atom. The van der Waals surface area contributed by atoms with Crippen molar-refractivity contribution in [3.05, 3.63) is 35.5 Å². The Balaban J connectivity index is 1.80. The summed E-state index contributed by atoms with van der Waals surface area (Å²) in [6.45, 7) is 0. The summed E-state index contributed by atoms with van der Waals surface area (Å²) in [6, 6.07) is 6.94. The molecule has 0 bridgehead atoms. The Hall–Kier alpha value is -2.90. The Morgan fingerprint density at radius 3 is 2.62 bits per heavy atom. The molecular formula is C13H13N5O3. The van der Waals surface area contributed by atoms with Gasteiger partial charge in [0.05, 0.1) is 11.3 Å². The van der Waals surface area contributed by atoms with Crippen LogP contribution < -0.4 is 16.4 Å². The molecule has 21 heavy (non-hydrogen) atoms. The predicted octanol–water partition coefficient (Wildman–Crippen LogP) is 0.796. The molecule has 3 rings (SSSR count). The van der Waals surface area contributed by atoms with Crippen LogP contribution in [-0.4, -0.2) is 28.2 Å². The fraction of sp³-hybridized carbons (Fsp3) is 0.231. The van der Waals surface area contributed by atoms with Gasteiger partial charge in [-0.2, -0.15) is 0 Å². The van der Waals surface area contributed by atoms with E-state index in [0.717, 1.165) is 12.8 Å². The van der Waals surface area contributed by atoms with Crippen molar-refractivity contribution in [3.63, 3.8) is 0 Å². The normalized spacial score (nSPS) is 13.7. The van der Waals surface area contributed by atoms with Gasteiger partial charge >= 0.3 is 0 Å². The molecule has 0 radical (unpaired) electrons. The van der Waals surface area contributed by atoms with Crippen LogP contribution in [0.4, 0.5) is 11.5 Å². The minimum absolute atomic E-state index is 0.104. The van der Waals surface area contributed by atoms with E-state index < -0.39 is 5.91 Å². The predicted molar refractivity (Wildman–Crippen MR) is 73.6 cm³/mol. The number of carbonyl (C=O) groups excluding carboxylic acids is 2. The second-order valence-electron chi connectivity index (χ2n) is 4.75. The first kappa shape index (κ1) is 13.1. The molecule has 4 N–H and O–H groups in total. The third-order valence-electron chi connectivity index (χ3n) is 3.06. The SMILES string of the molecule is Nc1nonc1C(=O)Nc1ccccc1C(=O)NC1CC1. The molecule has 1 heterocycles. The van der Waals surface area contributed by atoms with Crippen molar-refractivity contribution in [1.29, 1.82) is 0 Å². The van der Waals surface area contributed by atoms with E-state index in [4.69, 9.17) is 5.73 Å². The van der Waals surface area contributed by atoms with Crippen LogP contribution in [0.25, 0.3) is 0 Å². The van der Waals surface area contributed by atoms with Crippen molar-refractivity contribution in [1.82, 2.24) is 15.6 Å². The van der Waals surface area contributed by atoms with E-state index in [-0.39, 0.29) is 23.5 Å². The van der Waals surface area contributed by atoms with Gasteiger partial charge in [0, 0.05) is 6.04 Å². The molecule has 1 aromatic carbocycles. The number of hydrogen-bond donors (Lipinski definition) is 3. The average molecular weight is 287 g/mol. The Labute approximate surface area is 119 Å². The van der Waals surface area contributed by atoms with Gasteiger partial charge in [0.15, 0.2) is 0 Å². The maximum atomic E-state index is 12.1. The molecular weight excluding hydrogens is 274 g/mol. The maximum absolute atomic E-state index is 12.1. The van der Waals surface area contributed by atoms with Crippen LogP contribution in [0.1, 0.15) is 33.7 Å². The third-order valence-corrected chi connectivity index (χ3v) is 3.06. The molecule has 1 aliphatic carbocycles. The van der Waals surface area contributed by atoms with Crippen LogP contribution in [-0.2, 0) is 0 Å². The van der Waals surface area contributed by atoms with Gasteiger partial charge in [0.1, 0.15) is 0 Å². The van der Waals surface area contributed by atoms with E-state index in [0.29, 0.717) is 11.3 Å². The summed E-state index contributed by atoms with van der Waals surface area (Å²) in [5, 5.41) is 12.2. The molecule has 108 valence electrons. The van der Waals surface area contributed by atoms with Gasteiger partial charge in [-0.1, -0.05) is 12.1 Å². The number of carbonyl (C=O) groups is 2. The van der Waals surface area contributed by atoms with Crippen LogP contribution in [0.2, 0.25) is 0 Å². The number of hydrogen-bond acceptors (Lipinski definition) is 6. The second kappa shape index (κ2) is 5.23. The van der Waals surface area contributed by atoms with Crippen LogP contribution in [0.15, 0.2) is 28.9 Å². The lowest BCUT2D eigenvalue weighted by Crippen LogP contribution is -2.27. The fourth-order valence-corrected chi connectivity index (χ4v) is 1.82. The summed E-state index contributed by atoms with van der Waals surface area (Å²) >= 11 is 0. The van der Waals surface area contributed by atoms with Crippen molar-refractivity contribution in [2.24, 2.45) is 0 Å². The van der Waals surface area contributed by atoms with Gasteiger partial charge < -0.3 is 16.4 Å². The zero-order valence-electron chi connectivity index (χ0n) is 11.0. The lowest BCUT2D eigenvalue weighted by atomic mass is 10.1. The Morgan fingerprint density at radius 2 is 1.95 bits per heavy atom. The first-order valence-electron chi connectivity index (χ1n) is 6.44. The minimum atomic E-state index is -0.583. The van der Waals surface area contributed by atoms with Crippen molar-refractivity contribution in [2.75, 3.05) is 11.1 Å². The quantitative estimate of drug-likeness (QED) is 0.764. The number of nitrogens with zero attached hydrogens (tertiary/aromatic N) is 2. The zero-order chi connectivity index (χ0) is 14.8. The van der Waals surface area contributed by atoms with Crippen LogP contribution in [0, 0.1) is 0 Å². The van der Waals surface area contributed by atoms with Crippen LogP contribution in [0.3, 0.4) is 0 Å². The number of amides is 2. The number of nitrogens with two attached hydrogens (primary N) is 1. The highest BCUT2D eigenvalue weighted by atomic mass is 16.6. The van der Waals surface area contributed by atoms with Crippen molar-refractivity contribution < 1.29 is 14.2 Å². The molecule has 1 fully saturated rings. The van der Waals surface area contributed by atoms with Crippen molar-refractivity contribution >= 4 is 23.3 Å². The Bertz CT molecular complexity index is 693. The summed E-state index contributed by atoms with van der Waals surface area (Å²) in [5.41, 5.74) is 6.10. The number of benzene rings is 1. The number of para-hydroxylation sites is 1. The van der Waals surface area contributed by atoms with Gasteiger partial charge in [-0.05, 0) is 35.3 Å². The maximum Gasteiger partial charge on any atom is 0.281 e. The molecule has 1 aliphatic rings. The van der Waals surface area contributed by atoms with Gasteiger partial charge in [-0.15, -0.1) is 0 Å². The summed E-state index contributed by atoms with van der Waals surface area (Å²) in [5.74, 6) is -0.910. The standard InChI is InChI=1S/C13H13N5O3/c14-11-10(17-21-18-11)13(20)16-9-4-2-1-3-8(9)12(19)15-7-5-6-7/h1-4,7H,5-6H2,(H2,14,18)(H,15,19)(H,16,20). The molecule has 0 unspecified atom stereocenters. The number of rotatable bonds is 4. The van der Waals surface area contributed by atoms with Crippen molar-refractivity contribution in [2.45, 2.75) is 18.9 Å². The molecule has 2 amide bonds. The van der Waals surface area contributed by atoms with Crippen LogP contribution in [0.5, 0.6) is 0 Å². The summed E-state index contributed by atoms with van der Waals surface area (Å²) in [6.07, 6.45) is 1.98. The van der Waals surface area contributed by atoms with E-state index >= 15 is 0 Å². The number of anilines is 2. The summed E-state index contributed by atoms with van der Waals surface area (Å²) < 4.78 is 4.38. The van der Waals surface area contributed by atoms with E-state index in [1.54, 1.807) is 24.3 Å². The second-order valence-corrected chi connectivity index (χ2v) is 4.75. The van der Waals surface area contributed by atoms with E-state index in [2.05, 4.69) is 25.6 Å². The lowest BCUT2D eigenvalue weighted by Gasteiger charge is -2.10. The molecule has 2 aromatic rings. The lowest BCUT2D eigenvalue weighted by molar-refractivity contribution is 0.0952. The van der Waals surface area contributed by atoms with Gasteiger partial charge in [-0.25, -0.2) is 4.63 Å². The first-order chi connectivity index (χ1) is 10.1. The first-order valence-corrected chi connectivity index (χ1v) is 6.44. The summed E-state index contributed by atoms with van der Waals surface area (Å²) in [4.78, 5) is 24.1. The molecule has 1 aromatic heterocycles. The molecule has 0 atom stereocenters. The molecule has 8 nitrogen and oxygen atoms in total. The van der Waals surface area contributed by atoms with Gasteiger partial charge in [0.2, 0.25) is 11.5 Å². The molecule has 0 aliphatic heterocycles. The van der Waals surface area contributed by atoms with Gasteiger partial charge in [0.25, 0.3) is 11.8 Å². The number of aromatic nitrogens is 2. The number of nitrogen functional groups attached to an aromatic ring is 1. The minimum Gasteiger partial charge on any atom is -0.379 e. The van der Waals surface area contributed by atoms with E-state index in [1.165, 1.54) is 0 Å². The van der Waals surface area contributed by atoms with Crippen molar-refractivity contribution in [3.8, 4) is 0 Å². The molecule has 0 spiro atoms. The highest BCUT2D eigenvalue weighted by molar-refractivity contribution is 6.09. The number of nitrogens with one attached hydrogen (secondary N) is 2. The highest BCUT2D eigenvalue weighted by Crippen LogP contribution is 2.22. The van der Waals surface area contributed by atoms with E-state index in [9.17, 15) is 9.59 Å². The summed E-state index contributed by atoms with van der Waals surface area (Å²) in [7, 11) is 0. The molecule has 0 saturated heterocycles. The molecule has 1 saturated carbocycles. The monoisotopic (exact) mass is 287 g/mol. The van der Waals surface area contributed by atoms with Crippen LogP contribution >= 0.6 is 0 Å². The average Bonchev–Trinajstić information content (AvgIpc) is 3.17. The highest BCUT2D eigenvalue weighted by Gasteiger charge is 2.25. The van der Waals surface area contributed by atoms with Gasteiger partial charge in [-0.3, -0.25) is 9.59 Å². The fourth-order valence-electron chi connectivity index (χ4n) is 1.82. The zero-order valence-corrected chi connectivity index (χ0v) is 11.0. The largest absolute Gasteiger partial charge is 0.379 e. The molecule has 8 heteroatoms.